The highest BCUT2D eigenvalue weighted by atomic mass is 35.5. The monoisotopic (exact) mass is 465 g/mol. The molecule has 0 aliphatic carbocycles. The van der Waals surface area contributed by atoms with Gasteiger partial charge in [-0.15, -0.1) is 0 Å². The number of phenols is 1. The van der Waals surface area contributed by atoms with Crippen molar-refractivity contribution < 1.29 is 29.3 Å². The van der Waals surface area contributed by atoms with Crippen LogP contribution in [0.4, 0.5) is 5.69 Å². The summed E-state index contributed by atoms with van der Waals surface area (Å²) in [5, 5.41) is 21.5. The molecule has 0 aromatic heterocycles. The fourth-order valence-electron chi connectivity index (χ4n) is 3.83. The predicted octanol–water partition coefficient (Wildman–Crippen LogP) is 4.69. The molecule has 1 heterocycles. The average Bonchev–Trinajstić information content (AvgIpc) is 3.09. The molecule has 3 aromatic carbocycles. The standard InChI is InChI=1S/C25H20ClNO6/c1-32-17-8-4-6-15(12-17)27-22(14-5-3-7-16(28)11-14)21(24(30)25(27)31)23(29)19-13-18(33-2)9-10-20(19)26/h3-13,22,28-29H,1-2H3/b23-21+. The maximum atomic E-state index is 13.2. The van der Waals surface area contributed by atoms with Gasteiger partial charge in [-0.3, -0.25) is 14.5 Å². The van der Waals surface area contributed by atoms with Crippen molar-refractivity contribution in [1.29, 1.82) is 0 Å². The molecule has 33 heavy (non-hydrogen) atoms. The normalized spacial score (nSPS) is 17.3. The lowest BCUT2D eigenvalue weighted by Crippen LogP contribution is -2.29. The molecule has 0 spiro atoms. The van der Waals surface area contributed by atoms with Crippen LogP contribution < -0.4 is 14.4 Å². The van der Waals surface area contributed by atoms with E-state index in [1.54, 1.807) is 42.5 Å². The van der Waals surface area contributed by atoms with Gasteiger partial charge in [-0.1, -0.05) is 29.8 Å². The Labute approximate surface area is 195 Å². The van der Waals surface area contributed by atoms with Gasteiger partial charge in [0.05, 0.1) is 30.9 Å². The molecule has 0 saturated carbocycles. The molecule has 1 aliphatic rings. The number of aliphatic hydroxyl groups excluding tert-OH is 1. The Balaban J connectivity index is 1.98. The molecule has 168 valence electrons. The summed E-state index contributed by atoms with van der Waals surface area (Å²) in [5.74, 6) is -1.32. The SMILES string of the molecule is COc1cccc(N2C(=O)C(=O)/C(=C(/O)c3cc(OC)ccc3Cl)C2c2cccc(O)c2)c1. The van der Waals surface area contributed by atoms with E-state index in [9.17, 15) is 19.8 Å². The molecule has 1 atom stereocenters. The maximum Gasteiger partial charge on any atom is 0.300 e. The van der Waals surface area contributed by atoms with E-state index in [-0.39, 0.29) is 21.9 Å². The Bertz CT molecular complexity index is 1290. The number of aromatic hydroxyl groups is 1. The number of amides is 1. The van der Waals surface area contributed by atoms with Crippen molar-refractivity contribution in [3.05, 3.63) is 88.5 Å². The van der Waals surface area contributed by atoms with Crippen molar-refractivity contribution >= 4 is 34.7 Å². The highest BCUT2D eigenvalue weighted by molar-refractivity contribution is 6.52. The van der Waals surface area contributed by atoms with Crippen LogP contribution in [0.3, 0.4) is 0 Å². The fourth-order valence-corrected chi connectivity index (χ4v) is 4.03. The van der Waals surface area contributed by atoms with E-state index in [0.29, 0.717) is 22.7 Å². The minimum Gasteiger partial charge on any atom is -0.508 e. The highest BCUT2D eigenvalue weighted by Gasteiger charge is 2.47. The van der Waals surface area contributed by atoms with Gasteiger partial charge in [0.2, 0.25) is 0 Å². The van der Waals surface area contributed by atoms with Gasteiger partial charge in [0.1, 0.15) is 23.0 Å². The van der Waals surface area contributed by atoms with Gasteiger partial charge in [-0.05, 0) is 48.0 Å². The Morgan fingerprint density at radius 3 is 2.33 bits per heavy atom. The zero-order chi connectivity index (χ0) is 23.7. The van der Waals surface area contributed by atoms with Crippen LogP contribution in [0.2, 0.25) is 5.02 Å². The van der Waals surface area contributed by atoms with E-state index in [1.165, 1.54) is 43.4 Å². The van der Waals surface area contributed by atoms with Gasteiger partial charge in [-0.25, -0.2) is 0 Å². The molecule has 2 N–H and O–H groups in total. The summed E-state index contributed by atoms with van der Waals surface area (Å²) in [7, 11) is 2.95. The molecule has 1 fully saturated rings. The molecular formula is C25H20ClNO6. The summed E-state index contributed by atoms with van der Waals surface area (Å²) in [4.78, 5) is 27.7. The van der Waals surface area contributed by atoms with Gasteiger partial charge < -0.3 is 19.7 Å². The molecule has 0 radical (unpaired) electrons. The first-order chi connectivity index (χ1) is 15.8. The summed E-state index contributed by atoms with van der Waals surface area (Å²) in [5.41, 5.74) is 0.798. The van der Waals surface area contributed by atoms with Crippen LogP contribution in [0.15, 0.2) is 72.3 Å². The Morgan fingerprint density at radius 1 is 0.939 bits per heavy atom. The molecule has 4 rings (SSSR count). The summed E-state index contributed by atoms with van der Waals surface area (Å²) in [6.07, 6.45) is 0. The van der Waals surface area contributed by atoms with Crippen LogP contribution in [-0.2, 0) is 9.59 Å². The molecule has 3 aromatic rings. The third-order valence-corrected chi connectivity index (χ3v) is 5.72. The second-order valence-corrected chi connectivity index (χ2v) is 7.72. The number of halogens is 1. The van der Waals surface area contributed by atoms with E-state index in [2.05, 4.69) is 0 Å². The zero-order valence-electron chi connectivity index (χ0n) is 17.8. The summed E-state index contributed by atoms with van der Waals surface area (Å²) in [6.45, 7) is 0. The Hall–Kier alpha value is -3.97. The maximum absolute atomic E-state index is 13.2. The van der Waals surface area contributed by atoms with Crippen molar-refractivity contribution in [2.45, 2.75) is 6.04 Å². The van der Waals surface area contributed by atoms with Gasteiger partial charge in [-0.2, -0.15) is 0 Å². The Morgan fingerprint density at radius 2 is 1.64 bits per heavy atom. The van der Waals surface area contributed by atoms with Crippen LogP contribution in [0.5, 0.6) is 17.2 Å². The van der Waals surface area contributed by atoms with Crippen LogP contribution in [-0.4, -0.2) is 36.1 Å². The van der Waals surface area contributed by atoms with Gasteiger partial charge >= 0.3 is 0 Å². The first-order valence-electron chi connectivity index (χ1n) is 9.93. The second kappa shape index (κ2) is 8.88. The zero-order valence-corrected chi connectivity index (χ0v) is 18.5. The average molecular weight is 466 g/mol. The number of nitrogens with zero attached hydrogens (tertiary/aromatic N) is 1. The second-order valence-electron chi connectivity index (χ2n) is 7.31. The first kappa shape index (κ1) is 22.2. The molecule has 8 heteroatoms. The number of rotatable bonds is 5. The van der Waals surface area contributed by atoms with Crippen molar-refractivity contribution in [2.24, 2.45) is 0 Å². The summed E-state index contributed by atoms with van der Waals surface area (Å²) >= 11 is 6.31. The van der Waals surface area contributed by atoms with Crippen molar-refractivity contribution in [1.82, 2.24) is 0 Å². The number of phenolic OH excluding ortho intramolecular Hbond substituents is 1. The van der Waals surface area contributed by atoms with E-state index in [0.717, 1.165) is 0 Å². The molecule has 0 bridgehead atoms. The fraction of sp³-hybridized carbons (Fsp3) is 0.120. The number of benzene rings is 3. The highest BCUT2D eigenvalue weighted by Crippen LogP contribution is 2.44. The van der Waals surface area contributed by atoms with E-state index >= 15 is 0 Å². The van der Waals surface area contributed by atoms with Gasteiger partial charge in [0, 0.05) is 17.3 Å². The smallest absolute Gasteiger partial charge is 0.300 e. The summed E-state index contributed by atoms with van der Waals surface area (Å²) in [6, 6.07) is 16.4. The summed E-state index contributed by atoms with van der Waals surface area (Å²) < 4.78 is 10.5. The lowest BCUT2D eigenvalue weighted by atomic mass is 9.95. The number of methoxy groups -OCH3 is 2. The van der Waals surface area contributed by atoms with Crippen molar-refractivity contribution in [3.8, 4) is 17.2 Å². The minimum atomic E-state index is -1.02. The molecule has 1 saturated heterocycles. The van der Waals surface area contributed by atoms with Gasteiger partial charge in [0.15, 0.2) is 0 Å². The lowest BCUT2D eigenvalue weighted by molar-refractivity contribution is -0.132. The number of ether oxygens (including phenoxy) is 2. The third-order valence-electron chi connectivity index (χ3n) is 5.39. The van der Waals surface area contributed by atoms with Crippen molar-refractivity contribution in [2.75, 3.05) is 19.1 Å². The van der Waals surface area contributed by atoms with E-state index in [4.69, 9.17) is 21.1 Å². The number of hydrogen-bond donors (Lipinski definition) is 2. The topological polar surface area (TPSA) is 96.3 Å². The third kappa shape index (κ3) is 3.99. The predicted molar refractivity (Wildman–Crippen MR) is 124 cm³/mol. The molecule has 1 unspecified atom stereocenters. The van der Waals surface area contributed by atoms with E-state index < -0.39 is 23.5 Å². The van der Waals surface area contributed by atoms with E-state index in [1.807, 2.05) is 0 Å². The molecule has 1 aliphatic heterocycles. The largest absolute Gasteiger partial charge is 0.508 e. The minimum absolute atomic E-state index is 0.0526. The number of carbonyl (C=O) groups excluding carboxylic acids is 2. The Kier molecular flexibility index (Phi) is 5.98. The number of anilines is 1. The van der Waals surface area contributed by atoms with Crippen molar-refractivity contribution in [3.63, 3.8) is 0 Å². The quantitative estimate of drug-likeness (QED) is 0.322. The lowest BCUT2D eigenvalue weighted by Gasteiger charge is -2.26. The number of Topliss-reactive ketones (excluding diaryl/α,β-unsaturated/α-hetero) is 1. The number of hydrogen-bond acceptors (Lipinski definition) is 6. The van der Waals surface area contributed by atoms with Crippen LogP contribution >= 0.6 is 11.6 Å². The number of aliphatic hydroxyl groups is 1. The molecule has 1 amide bonds. The first-order valence-corrected chi connectivity index (χ1v) is 10.3. The number of carbonyl (C=O) groups is 2. The molecular weight excluding hydrogens is 446 g/mol. The van der Waals surface area contributed by atoms with Crippen LogP contribution in [0.1, 0.15) is 17.2 Å². The number of ketones is 1. The van der Waals surface area contributed by atoms with Gasteiger partial charge in [0.25, 0.3) is 11.7 Å². The van der Waals surface area contributed by atoms with Crippen LogP contribution in [0, 0.1) is 0 Å². The van der Waals surface area contributed by atoms with Crippen LogP contribution in [0.25, 0.3) is 5.76 Å². The molecule has 7 nitrogen and oxygen atoms in total.